The standard InChI is InChI=1S/C18H34O4/c1-3-5-7-9-10-12-14-16(18(21)22)15(17(19)20)13-11-8-6-4-2/h15-16H,3-14H2,1-2H3,(H,19,20)(H,21,22). The van der Waals surface area contributed by atoms with Crippen LogP contribution in [0.4, 0.5) is 0 Å². The molecule has 4 heteroatoms. The zero-order valence-electron chi connectivity index (χ0n) is 14.4. The summed E-state index contributed by atoms with van der Waals surface area (Å²) in [7, 11) is 0. The van der Waals surface area contributed by atoms with Crippen LogP contribution in [-0.4, -0.2) is 22.2 Å². The minimum absolute atomic E-state index is 0.488. The second-order valence-corrected chi connectivity index (χ2v) is 6.30. The van der Waals surface area contributed by atoms with Gasteiger partial charge in [0, 0.05) is 0 Å². The van der Waals surface area contributed by atoms with E-state index in [1.54, 1.807) is 0 Å². The number of carboxylic acids is 2. The molecule has 22 heavy (non-hydrogen) atoms. The number of hydrogen-bond acceptors (Lipinski definition) is 2. The summed E-state index contributed by atoms with van der Waals surface area (Å²) in [6.07, 6.45) is 11.5. The molecule has 0 aromatic carbocycles. The highest BCUT2D eigenvalue weighted by Gasteiger charge is 2.32. The summed E-state index contributed by atoms with van der Waals surface area (Å²) in [5.41, 5.74) is 0. The van der Waals surface area contributed by atoms with Gasteiger partial charge in [0.1, 0.15) is 0 Å². The van der Waals surface area contributed by atoms with E-state index in [0.717, 1.165) is 44.9 Å². The molecule has 0 aliphatic rings. The summed E-state index contributed by atoms with van der Waals surface area (Å²) in [5.74, 6) is -3.36. The normalized spacial score (nSPS) is 13.7. The Morgan fingerprint density at radius 3 is 1.32 bits per heavy atom. The lowest BCUT2D eigenvalue weighted by molar-refractivity contribution is -0.154. The maximum Gasteiger partial charge on any atom is 0.307 e. The van der Waals surface area contributed by atoms with Gasteiger partial charge in [0.15, 0.2) is 0 Å². The molecule has 0 fully saturated rings. The zero-order chi connectivity index (χ0) is 16.8. The van der Waals surface area contributed by atoms with Gasteiger partial charge in [0.05, 0.1) is 11.8 Å². The molecule has 0 aliphatic carbocycles. The van der Waals surface area contributed by atoms with Gasteiger partial charge in [-0.05, 0) is 12.8 Å². The Hall–Kier alpha value is -1.06. The molecule has 0 aliphatic heterocycles. The summed E-state index contributed by atoms with van der Waals surface area (Å²) in [6, 6.07) is 0. The third kappa shape index (κ3) is 9.80. The van der Waals surface area contributed by atoms with E-state index in [4.69, 9.17) is 0 Å². The smallest absolute Gasteiger partial charge is 0.307 e. The molecule has 0 heterocycles. The molecule has 0 amide bonds. The number of rotatable bonds is 15. The predicted octanol–water partition coefficient (Wildman–Crippen LogP) is 5.11. The molecular weight excluding hydrogens is 280 g/mol. The maximum atomic E-state index is 11.4. The van der Waals surface area contributed by atoms with Gasteiger partial charge in [0.25, 0.3) is 0 Å². The lowest BCUT2D eigenvalue weighted by Gasteiger charge is -2.20. The van der Waals surface area contributed by atoms with Crippen molar-refractivity contribution >= 4 is 11.9 Å². The Labute approximate surface area is 135 Å². The van der Waals surface area contributed by atoms with Gasteiger partial charge < -0.3 is 10.2 Å². The van der Waals surface area contributed by atoms with Crippen LogP contribution in [0.1, 0.15) is 90.9 Å². The van der Waals surface area contributed by atoms with Crippen LogP contribution in [0, 0.1) is 11.8 Å². The molecular formula is C18H34O4. The van der Waals surface area contributed by atoms with Crippen LogP contribution in [0.25, 0.3) is 0 Å². The Morgan fingerprint density at radius 2 is 0.955 bits per heavy atom. The predicted molar refractivity (Wildman–Crippen MR) is 89.0 cm³/mol. The van der Waals surface area contributed by atoms with E-state index in [-0.39, 0.29) is 0 Å². The fourth-order valence-electron chi connectivity index (χ4n) is 2.93. The van der Waals surface area contributed by atoms with Crippen LogP contribution in [-0.2, 0) is 9.59 Å². The minimum atomic E-state index is -0.949. The number of aliphatic carboxylic acids is 2. The van der Waals surface area contributed by atoms with Crippen LogP contribution in [0.15, 0.2) is 0 Å². The fraction of sp³-hybridized carbons (Fsp3) is 0.889. The Morgan fingerprint density at radius 1 is 0.636 bits per heavy atom. The van der Waals surface area contributed by atoms with Crippen molar-refractivity contribution in [1.29, 1.82) is 0 Å². The first-order valence-corrected chi connectivity index (χ1v) is 9.00. The Bertz CT molecular complexity index is 301. The van der Waals surface area contributed by atoms with E-state index in [0.29, 0.717) is 12.8 Å². The topological polar surface area (TPSA) is 74.6 Å². The Kier molecular flexibility index (Phi) is 12.9. The van der Waals surface area contributed by atoms with E-state index in [9.17, 15) is 19.8 Å². The molecule has 0 spiro atoms. The van der Waals surface area contributed by atoms with Crippen molar-refractivity contribution in [3.63, 3.8) is 0 Å². The van der Waals surface area contributed by atoms with Gasteiger partial charge in [-0.3, -0.25) is 9.59 Å². The van der Waals surface area contributed by atoms with Crippen LogP contribution in [0.5, 0.6) is 0 Å². The summed E-state index contributed by atoms with van der Waals surface area (Å²) >= 11 is 0. The van der Waals surface area contributed by atoms with Crippen molar-refractivity contribution in [2.45, 2.75) is 90.9 Å². The summed E-state index contributed by atoms with van der Waals surface area (Å²) in [5, 5.41) is 18.7. The first-order chi connectivity index (χ1) is 10.5. The summed E-state index contributed by atoms with van der Waals surface area (Å²) in [6.45, 7) is 4.27. The molecule has 0 aromatic heterocycles. The molecule has 130 valence electrons. The van der Waals surface area contributed by atoms with Crippen LogP contribution in [0.2, 0.25) is 0 Å². The molecule has 0 rings (SSSR count). The highest BCUT2D eigenvalue weighted by Crippen LogP contribution is 2.26. The highest BCUT2D eigenvalue weighted by molar-refractivity contribution is 5.79. The molecule has 4 nitrogen and oxygen atoms in total. The maximum absolute atomic E-state index is 11.4. The van der Waals surface area contributed by atoms with Crippen LogP contribution in [0.3, 0.4) is 0 Å². The Balaban J connectivity index is 4.27. The fourth-order valence-corrected chi connectivity index (χ4v) is 2.93. The second kappa shape index (κ2) is 13.6. The van der Waals surface area contributed by atoms with E-state index in [1.165, 1.54) is 19.3 Å². The monoisotopic (exact) mass is 314 g/mol. The highest BCUT2D eigenvalue weighted by atomic mass is 16.4. The third-order valence-electron chi connectivity index (χ3n) is 4.36. The minimum Gasteiger partial charge on any atom is -0.481 e. The summed E-state index contributed by atoms with van der Waals surface area (Å²) < 4.78 is 0. The van der Waals surface area contributed by atoms with Gasteiger partial charge in [-0.15, -0.1) is 0 Å². The first-order valence-electron chi connectivity index (χ1n) is 9.00. The second-order valence-electron chi connectivity index (χ2n) is 6.30. The van der Waals surface area contributed by atoms with Gasteiger partial charge >= 0.3 is 11.9 Å². The van der Waals surface area contributed by atoms with Gasteiger partial charge in [-0.25, -0.2) is 0 Å². The van der Waals surface area contributed by atoms with Gasteiger partial charge in [0.2, 0.25) is 0 Å². The molecule has 2 unspecified atom stereocenters. The van der Waals surface area contributed by atoms with Gasteiger partial charge in [-0.1, -0.05) is 78.1 Å². The average Bonchev–Trinajstić information content (AvgIpc) is 2.47. The molecule has 0 saturated carbocycles. The molecule has 0 radical (unpaired) electrons. The van der Waals surface area contributed by atoms with Crippen molar-refractivity contribution in [2.75, 3.05) is 0 Å². The quantitative estimate of drug-likeness (QED) is 0.412. The molecule has 2 atom stereocenters. The third-order valence-corrected chi connectivity index (χ3v) is 4.36. The van der Waals surface area contributed by atoms with Crippen molar-refractivity contribution in [3.05, 3.63) is 0 Å². The zero-order valence-corrected chi connectivity index (χ0v) is 14.4. The number of hydrogen-bond donors (Lipinski definition) is 2. The largest absolute Gasteiger partial charge is 0.481 e. The number of carbonyl (C=O) groups is 2. The van der Waals surface area contributed by atoms with E-state index < -0.39 is 23.8 Å². The van der Waals surface area contributed by atoms with Crippen molar-refractivity contribution in [2.24, 2.45) is 11.8 Å². The number of carboxylic acid groups (broad SMARTS) is 2. The average molecular weight is 314 g/mol. The van der Waals surface area contributed by atoms with Crippen molar-refractivity contribution in [3.8, 4) is 0 Å². The summed E-state index contributed by atoms with van der Waals surface area (Å²) in [4.78, 5) is 22.9. The number of unbranched alkanes of at least 4 members (excludes halogenated alkanes) is 8. The molecule has 2 N–H and O–H groups in total. The van der Waals surface area contributed by atoms with Gasteiger partial charge in [-0.2, -0.15) is 0 Å². The lowest BCUT2D eigenvalue weighted by atomic mass is 9.84. The van der Waals surface area contributed by atoms with Crippen molar-refractivity contribution in [1.82, 2.24) is 0 Å². The lowest BCUT2D eigenvalue weighted by Crippen LogP contribution is -2.30. The van der Waals surface area contributed by atoms with Crippen LogP contribution >= 0.6 is 0 Å². The molecule has 0 bridgehead atoms. The molecule has 0 aromatic rings. The van der Waals surface area contributed by atoms with Crippen LogP contribution < -0.4 is 0 Å². The van der Waals surface area contributed by atoms with E-state index in [1.807, 2.05) is 0 Å². The first kappa shape index (κ1) is 20.9. The molecule has 0 saturated heterocycles. The SMILES string of the molecule is CCCCCCCCC(C(=O)O)C(CCCCCC)C(=O)O. The van der Waals surface area contributed by atoms with E-state index in [2.05, 4.69) is 13.8 Å². The van der Waals surface area contributed by atoms with Crippen molar-refractivity contribution < 1.29 is 19.8 Å². The van der Waals surface area contributed by atoms with E-state index >= 15 is 0 Å².